The molecule has 0 radical (unpaired) electrons. The molecule has 1 heterocycles. The molecule has 0 amide bonds. The topological polar surface area (TPSA) is 43.8 Å². The van der Waals surface area contributed by atoms with Crippen molar-refractivity contribution in [1.82, 2.24) is 9.78 Å². The molecule has 2 N–H and O–H groups in total. The molecule has 4 heteroatoms. The maximum Gasteiger partial charge on any atom is 0.136 e. The van der Waals surface area contributed by atoms with Crippen LogP contribution in [0, 0.1) is 0 Å². The zero-order valence-electron chi connectivity index (χ0n) is 8.23. The number of para-hydroxylation sites is 1. The van der Waals surface area contributed by atoms with Crippen LogP contribution in [0.25, 0.3) is 5.69 Å². The summed E-state index contributed by atoms with van der Waals surface area (Å²) in [4.78, 5) is 0. The zero-order valence-corrected chi connectivity index (χ0v) is 8.98. The first-order valence-corrected chi connectivity index (χ1v) is 5.18. The molecule has 3 nitrogen and oxygen atoms in total. The van der Waals surface area contributed by atoms with Crippen LogP contribution in [-0.2, 0) is 6.42 Å². The van der Waals surface area contributed by atoms with Gasteiger partial charge in [-0.15, -0.1) is 0 Å². The van der Waals surface area contributed by atoms with Gasteiger partial charge in [-0.05, 0) is 25.1 Å². The fourth-order valence-corrected chi connectivity index (χ4v) is 1.72. The molecule has 2 rings (SSSR count). The Morgan fingerprint density at radius 1 is 1.27 bits per heavy atom. The van der Waals surface area contributed by atoms with Gasteiger partial charge in [-0.25, -0.2) is 4.68 Å². The minimum atomic E-state index is 0.584. The van der Waals surface area contributed by atoms with E-state index in [0.717, 1.165) is 17.7 Å². The van der Waals surface area contributed by atoms with Crippen molar-refractivity contribution in [3.63, 3.8) is 0 Å². The molecule has 0 aliphatic heterocycles. The molecule has 1 aromatic carbocycles. The van der Waals surface area contributed by atoms with E-state index < -0.39 is 0 Å². The molecule has 0 fully saturated rings. The fraction of sp³-hybridized carbons (Fsp3) is 0.182. The summed E-state index contributed by atoms with van der Waals surface area (Å²) in [7, 11) is 0. The highest BCUT2D eigenvalue weighted by atomic mass is 35.5. The number of rotatable bonds is 3. The molecule has 15 heavy (non-hydrogen) atoms. The van der Waals surface area contributed by atoms with E-state index in [0.29, 0.717) is 11.7 Å². The van der Waals surface area contributed by atoms with Crippen LogP contribution < -0.4 is 5.73 Å². The minimum absolute atomic E-state index is 0.584. The lowest BCUT2D eigenvalue weighted by molar-refractivity contribution is 0.880. The van der Waals surface area contributed by atoms with Crippen molar-refractivity contribution in [2.24, 2.45) is 5.73 Å². The Labute approximate surface area is 93.5 Å². The van der Waals surface area contributed by atoms with Crippen LogP contribution in [0.3, 0.4) is 0 Å². The number of halogens is 1. The van der Waals surface area contributed by atoms with Gasteiger partial charge in [-0.1, -0.05) is 29.8 Å². The summed E-state index contributed by atoms with van der Waals surface area (Å²) in [6, 6.07) is 9.80. The molecule has 0 aliphatic carbocycles. The van der Waals surface area contributed by atoms with Gasteiger partial charge in [0.2, 0.25) is 0 Å². The summed E-state index contributed by atoms with van der Waals surface area (Å²) in [5.41, 5.74) is 7.43. The first kappa shape index (κ1) is 10.2. The third-order valence-corrected chi connectivity index (χ3v) is 2.60. The molecule has 78 valence electrons. The summed E-state index contributed by atoms with van der Waals surface area (Å²) < 4.78 is 1.71. The Bertz CT molecular complexity index is 436. The fourth-order valence-electron chi connectivity index (χ4n) is 1.44. The highest BCUT2D eigenvalue weighted by Gasteiger charge is 2.08. The Hall–Kier alpha value is -1.32. The van der Waals surface area contributed by atoms with Gasteiger partial charge in [0.25, 0.3) is 0 Å². The molecule has 1 aromatic heterocycles. The standard InChI is InChI=1S/C11H12ClN3/c12-11-9(6-7-13)8-14-15(11)10-4-2-1-3-5-10/h1-5,8H,6-7,13H2. The lowest BCUT2D eigenvalue weighted by Crippen LogP contribution is -2.02. The van der Waals surface area contributed by atoms with Gasteiger partial charge in [-0.3, -0.25) is 0 Å². The second-order valence-corrected chi connectivity index (χ2v) is 3.60. The normalized spacial score (nSPS) is 10.5. The van der Waals surface area contributed by atoms with Crippen LogP contribution in [0.15, 0.2) is 36.5 Å². The molecule has 0 saturated carbocycles. The second kappa shape index (κ2) is 4.47. The van der Waals surface area contributed by atoms with E-state index in [1.165, 1.54) is 0 Å². The molecule has 0 saturated heterocycles. The van der Waals surface area contributed by atoms with Crippen molar-refractivity contribution in [1.29, 1.82) is 0 Å². The molecule has 2 aromatic rings. The molecule has 0 aliphatic rings. The van der Waals surface area contributed by atoms with Gasteiger partial charge in [0.05, 0.1) is 11.9 Å². The van der Waals surface area contributed by atoms with E-state index in [9.17, 15) is 0 Å². The van der Waals surface area contributed by atoms with Gasteiger partial charge >= 0.3 is 0 Å². The Kier molecular flexibility index (Phi) is 3.04. The van der Waals surface area contributed by atoms with Crippen molar-refractivity contribution < 1.29 is 0 Å². The summed E-state index contributed by atoms with van der Waals surface area (Å²) in [5.74, 6) is 0. The second-order valence-electron chi connectivity index (χ2n) is 3.25. The van der Waals surface area contributed by atoms with E-state index in [4.69, 9.17) is 17.3 Å². The lowest BCUT2D eigenvalue weighted by atomic mass is 10.2. The van der Waals surface area contributed by atoms with Crippen molar-refractivity contribution in [3.05, 3.63) is 47.2 Å². The van der Waals surface area contributed by atoms with Gasteiger partial charge in [0.1, 0.15) is 5.15 Å². The summed E-state index contributed by atoms with van der Waals surface area (Å²) >= 11 is 6.18. The van der Waals surface area contributed by atoms with E-state index in [1.807, 2.05) is 30.3 Å². The molecule has 0 unspecified atom stereocenters. The van der Waals surface area contributed by atoms with Crippen LogP contribution in [-0.4, -0.2) is 16.3 Å². The molecular formula is C11H12ClN3. The number of aromatic nitrogens is 2. The maximum atomic E-state index is 6.18. The third-order valence-electron chi connectivity index (χ3n) is 2.19. The van der Waals surface area contributed by atoms with Crippen LogP contribution in [0.2, 0.25) is 5.15 Å². The van der Waals surface area contributed by atoms with E-state index in [-0.39, 0.29) is 0 Å². The summed E-state index contributed by atoms with van der Waals surface area (Å²) in [6.45, 7) is 0.584. The van der Waals surface area contributed by atoms with Crippen molar-refractivity contribution in [2.75, 3.05) is 6.54 Å². The maximum absolute atomic E-state index is 6.18. The SMILES string of the molecule is NCCc1cnn(-c2ccccc2)c1Cl. The third kappa shape index (κ3) is 2.03. The van der Waals surface area contributed by atoms with E-state index in [1.54, 1.807) is 10.9 Å². The van der Waals surface area contributed by atoms with Gasteiger partial charge in [0.15, 0.2) is 0 Å². The predicted molar refractivity (Wildman–Crippen MR) is 61.3 cm³/mol. The van der Waals surface area contributed by atoms with Crippen molar-refractivity contribution in [3.8, 4) is 5.69 Å². The quantitative estimate of drug-likeness (QED) is 0.862. The van der Waals surface area contributed by atoms with Crippen molar-refractivity contribution in [2.45, 2.75) is 6.42 Å². The zero-order chi connectivity index (χ0) is 10.7. The first-order valence-electron chi connectivity index (χ1n) is 4.81. The Balaban J connectivity index is 2.38. The summed E-state index contributed by atoms with van der Waals surface area (Å²) in [5, 5.41) is 4.88. The van der Waals surface area contributed by atoms with Crippen LogP contribution in [0.5, 0.6) is 0 Å². The summed E-state index contributed by atoms with van der Waals surface area (Å²) in [6.07, 6.45) is 2.52. The molecule has 0 atom stereocenters. The number of hydrogen-bond donors (Lipinski definition) is 1. The number of nitrogens with zero attached hydrogens (tertiary/aromatic N) is 2. The highest BCUT2D eigenvalue weighted by Crippen LogP contribution is 2.19. The van der Waals surface area contributed by atoms with Crippen LogP contribution in [0.1, 0.15) is 5.56 Å². The Morgan fingerprint density at radius 2 is 2.00 bits per heavy atom. The number of hydrogen-bond acceptors (Lipinski definition) is 2. The smallest absolute Gasteiger partial charge is 0.136 e. The van der Waals surface area contributed by atoms with Gasteiger partial charge in [-0.2, -0.15) is 5.10 Å². The monoisotopic (exact) mass is 221 g/mol. The van der Waals surface area contributed by atoms with E-state index >= 15 is 0 Å². The largest absolute Gasteiger partial charge is 0.330 e. The van der Waals surface area contributed by atoms with Crippen LogP contribution in [0.4, 0.5) is 0 Å². The van der Waals surface area contributed by atoms with E-state index in [2.05, 4.69) is 5.10 Å². The highest BCUT2D eigenvalue weighted by molar-refractivity contribution is 6.30. The average Bonchev–Trinajstić information content (AvgIpc) is 2.63. The number of nitrogens with two attached hydrogens (primary N) is 1. The van der Waals surface area contributed by atoms with Gasteiger partial charge in [0, 0.05) is 5.56 Å². The average molecular weight is 222 g/mol. The van der Waals surface area contributed by atoms with Gasteiger partial charge < -0.3 is 5.73 Å². The lowest BCUT2D eigenvalue weighted by Gasteiger charge is -2.02. The number of benzene rings is 1. The molecule has 0 spiro atoms. The Morgan fingerprint density at radius 3 is 2.67 bits per heavy atom. The minimum Gasteiger partial charge on any atom is -0.330 e. The molecular weight excluding hydrogens is 210 g/mol. The first-order chi connectivity index (χ1) is 7.33. The van der Waals surface area contributed by atoms with Crippen molar-refractivity contribution >= 4 is 11.6 Å². The van der Waals surface area contributed by atoms with Crippen LogP contribution >= 0.6 is 11.6 Å². The predicted octanol–water partition coefficient (Wildman–Crippen LogP) is 2.03. The molecule has 0 bridgehead atoms.